The summed E-state index contributed by atoms with van der Waals surface area (Å²) in [6.07, 6.45) is 1.78. The van der Waals surface area contributed by atoms with Crippen molar-refractivity contribution in [2.45, 2.75) is 6.42 Å². The molecular weight excluding hydrogens is 323 g/mol. The lowest BCUT2D eigenvalue weighted by Gasteiger charge is -2.06. The molecule has 4 rings (SSSR count). The van der Waals surface area contributed by atoms with Crippen molar-refractivity contribution >= 4 is 17.4 Å². The Kier molecular flexibility index (Phi) is 3.74. The SMILES string of the molecule is O=C(Nc1ccccc1F)c1oc2ncnn2c1Cc1ccccc1. The van der Waals surface area contributed by atoms with Crippen molar-refractivity contribution in [3.8, 4) is 0 Å². The lowest BCUT2D eigenvalue weighted by molar-refractivity contribution is 0.0996. The lowest BCUT2D eigenvalue weighted by atomic mass is 10.1. The number of benzene rings is 2. The van der Waals surface area contributed by atoms with Gasteiger partial charge in [-0.25, -0.2) is 4.39 Å². The Morgan fingerprint density at radius 1 is 1.12 bits per heavy atom. The zero-order valence-electron chi connectivity index (χ0n) is 13.0. The maximum atomic E-state index is 13.8. The molecule has 0 aliphatic rings. The average Bonchev–Trinajstić information content (AvgIpc) is 3.21. The molecule has 7 heteroatoms. The summed E-state index contributed by atoms with van der Waals surface area (Å²) in [5, 5.41) is 6.63. The van der Waals surface area contributed by atoms with Crippen molar-refractivity contribution in [2.75, 3.05) is 5.32 Å². The van der Waals surface area contributed by atoms with Crippen LogP contribution in [-0.2, 0) is 6.42 Å². The topological polar surface area (TPSA) is 72.4 Å². The fraction of sp³-hybridized carbons (Fsp3) is 0.0556. The number of aromatic nitrogens is 3. The van der Waals surface area contributed by atoms with Gasteiger partial charge in [0.1, 0.15) is 17.8 Å². The molecular formula is C18H13FN4O2. The molecule has 0 saturated heterocycles. The summed E-state index contributed by atoms with van der Waals surface area (Å²) in [5.74, 6) is -0.800. The van der Waals surface area contributed by atoms with Crippen LogP contribution in [0.25, 0.3) is 5.84 Å². The van der Waals surface area contributed by atoms with Crippen LogP contribution in [0.2, 0.25) is 0 Å². The van der Waals surface area contributed by atoms with E-state index in [4.69, 9.17) is 4.42 Å². The standard InChI is InChI=1S/C18H13FN4O2/c19-13-8-4-5-9-14(13)22-17(24)16-15(10-12-6-2-1-3-7-12)23-18(25-16)20-11-21-23/h1-9,11H,10H2,(H,22,24). The van der Waals surface area contributed by atoms with Crippen molar-refractivity contribution in [3.63, 3.8) is 0 Å². The number of anilines is 1. The van der Waals surface area contributed by atoms with Crippen molar-refractivity contribution in [3.05, 3.63) is 83.8 Å². The number of hydrogen-bond acceptors (Lipinski definition) is 4. The number of fused-ring (bicyclic) bond motifs is 1. The highest BCUT2D eigenvalue weighted by atomic mass is 19.1. The van der Waals surface area contributed by atoms with Crippen molar-refractivity contribution < 1.29 is 13.6 Å². The van der Waals surface area contributed by atoms with E-state index in [0.717, 1.165) is 5.56 Å². The van der Waals surface area contributed by atoms with Crippen LogP contribution in [0.1, 0.15) is 21.8 Å². The maximum absolute atomic E-state index is 13.8. The highest BCUT2D eigenvalue weighted by Gasteiger charge is 2.23. The molecule has 6 nitrogen and oxygen atoms in total. The zero-order chi connectivity index (χ0) is 17.2. The van der Waals surface area contributed by atoms with Gasteiger partial charge in [-0.3, -0.25) is 4.79 Å². The molecule has 0 unspecified atom stereocenters. The minimum Gasteiger partial charge on any atom is -0.416 e. The summed E-state index contributed by atoms with van der Waals surface area (Å²) < 4.78 is 20.8. The summed E-state index contributed by atoms with van der Waals surface area (Å²) in [6.45, 7) is 0. The number of para-hydroxylation sites is 1. The van der Waals surface area contributed by atoms with Crippen LogP contribution in [0.3, 0.4) is 0 Å². The van der Waals surface area contributed by atoms with Crippen LogP contribution in [0.4, 0.5) is 10.1 Å². The molecule has 4 aromatic rings. The van der Waals surface area contributed by atoms with Gasteiger partial charge in [-0.05, 0) is 17.7 Å². The summed E-state index contributed by atoms with van der Waals surface area (Å²) in [4.78, 5) is 16.6. The Bertz CT molecular complexity index is 1040. The largest absolute Gasteiger partial charge is 0.416 e. The van der Waals surface area contributed by atoms with E-state index in [2.05, 4.69) is 15.4 Å². The number of hydrogen-bond donors (Lipinski definition) is 1. The van der Waals surface area contributed by atoms with Gasteiger partial charge < -0.3 is 9.73 Å². The summed E-state index contributed by atoms with van der Waals surface area (Å²) in [5.41, 5.74) is 1.62. The Labute approximate surface area is 141 Å². The molecule has 2 aromatic carbocycles. The second-order valence-electron chi connectivity index (χ2n) is 5.43. The first kappa shape index (κ1) is 15.1. The number of oxazole rings is 1. The first-order valence-corrected chi connectivity index (χ1v) is 7.63. The van der Waals surface area contributed by atoms with E-state index in [1.807, 2.05) is 30.3 Å². The molecule has 1 N–H and O–H groups in total. The van der Waals surface area contributed by atoms with Gasteiger partial charge in [0.25, 0.3) is 5.91 Å². The summed E-state index contributed by atoms with van der Waals surface area (Å²) in [7, 11) is 0. The van der Waals surface area contributed by atoms with Crippen LogP contribution < -0.4 is 5.32 Å². The van der Waals surface area contributed by atoms with Gasteiger partial charge in [-0.2, -0.15) is 14.6 Å². The first-order chi connectivity index (χ1) is 12.2. The zero-order valence-corrected chi connectivity index (χ0v) is 13.0. The van der Waals surface area contributed by atoms with Gasteiger partial charge in [0, 0.05) is 6.42 Å². The number of nitrogens with one attached hydrogen (secondary N) is 1. The van der Waals surface area contributed by atoms with Gasteiger partial charge in [-0.1, -0.05) is 42.5 Å². The minimum atomic E-state index is -0.552. The third-order valence-corrected chi connectivity index (χ3v) is 3.77. The molecule has 25 heavy (non-hydrogen) atoms. The molecule has 0 radical (unpaired) electrons. The van der Waals surface area contributed by atoms with E-state index in [9.17, 15) is 9.18 Å². The van der Waals surface area contributed by atoms with E-state index >= 15 is 0 Å². The van der Waals surface area contributed by atoms with Crippen molar-refractivity contribution in [1.82, 2.24) is 14.6 Å². The van der Waals surface area contributed by atoms with Crippen LogP contribution >= 0.6 is 0 Å². The van der Waals surface area contributed by atoms with Gasteiger partial charge in [0.2, 0.25) is 5.76 Å². The molecule has 0 fully saturated rings. The molecule has 1 amide bonds. The monoisotopic (exact) mass is 336 g/mol. The highest BCUT2D eigenvalue weighted by molar-refractivity contribution is 6.03. The third kappa shape index (κ3) is 2.87. The summed E-state index contributed by atoms with van der Waals surface area (Å²) >= 11 is 0. The smallest absolute Gasteiger partial charge is 0.325 e. The van der Waals surface area contributed by atoms with E-state index in [-0.39, 0.29) is 17.3 Å². The Hall–Kier alpha value is -3.48. The van der Waals surface area contributed by atoms with Crippen LogP contribution in [0, 0.1) is 5.82 Å². The predicted molar refractivity (Wildman–Crippen MR) is 88.9 cm³/mol. The first-order valence-electron chi connectivity index (χ1n) is 7.63. The number of nitrogens with zero attached hydrogens (tertiary/aromatic N) is 3. The van der Waals surface area contributed by atoms with Crippen LogP contribution in [0.5, 0.6) is 0 Å². The van der Waals surface area contributed by atoms with Crippen molar-refractivity contribution in [1.29, 1.82) is 0 Å². The van der Waals surface area contributed by atoms with Gasteiger partial charge in [-0.15, -0.1) is 0 Å². The molecule has 0 atom stereocenters. The summed E-state index contributed by atoms with van der Waals surface area (Å²) in [6, 6.07) is 15.6. The average molecular weight is 336 g/mol. The van der Waals surface area contributed by atoms with Gasteiger partial charge >= 0.3 is 5.84 Å². The number of halogens is 1. The van der Waals surface area contributed by atoms with E-state index < -0.39 is 11.7 Å². The van der Waals surface area contributed by atoms with Gasteiger partial charge in [0.15, 0.2) is 0 Å². The normalized spacial score (nSPS) is 10.9. The quantitative estimate of drug-likeness (QED) is 0.620. The van der Waals surface area contributed by atoms with E-state index in [0.29, 0.717) is 12.1 Å². The lowest BCUT2D eigenvalue weighted by Crippen LogP contribution is -2.15. The van der Waals surface area contributed by atoms with Crippen molar-refractivity contribution in [2.24, 2.45) is 0 Å². The molecule has 0 bridgehead atoms. The number of carbonyl (C=O) groups excluding carboxylic acids is 1. The predicted octanol–water partition coefficient (Wildman–Crippen LogP) is 3.30. The number of carbonyl (C=O) groups is 1. The molecule has 2 heterocycles. The number of amides is 1. The fourth-order valence-corrected chi connectivity index (χ4v) is 2.60. The Balaban J connectivity index is 1.71. The maximum Gasteiger partial charge on any atom is 0.325 e. The van der Waals surface area contributed by atoms with E-state index in [1.165, 1.54) is 23.0 Å². The molecule has 0 aliphatic heterocycles. The van der Waals surface area contributed by atoms with E-state index in [1.54, 1.807) is 12.1 Å². The van der Waals surface area contributed by atoms with Crippen LogP contribution in [0.15, 0.2) is 65.3 Å². The second kappa shape index (κ2) is 6.20. The second-order valence-corrected chi connectivity index (χ2v) is 5.43. The molecule has 0 saturated carbocycles. The highest BCUT2D eigenvalue weighted by Crippen LogP contribution is 2.21. The Morgan fingerprint density at radius 3 is 2.68 bits per heavy atom. The fourth-order valence-electron chi connectivity index (χ4n) is 2.60. The molecule has 0 spiro atoms. The molecule has 0 aliphatic carbocycles. The minimum absolute atomic E-state index is 0.0581. The van der Waals surface area contributed by atoms with Crippen LogP contribution in [-0.4, -0.2) is 20.5 Å². The molecule has 124 valence electrons. The number of rotatable bonds is 4. The third-order valence-electron chi connectivity index (χ3n) is 3.77. The molecule has 2 aromatic heterocycles. The Morgan fingerprint density at radius 2 is 1.88 bits per heavy atom. The van der Waals surface area contributed by atoms with Gasteiger partial charge in [0.05, 0.1) is 5.69 Å².